The van der Waals surface area contributed by atoms with Crippen LogP contribution < -0.4 is 4.74 Å². The molecule has 0 spiro atoms. The highest BCUT2D eigenvalue weighted by Gasteiger charge is 2.10. The molecule has 1 rings (SSSR count). The lowest BCUT2D eigenvalue weighted by Crippen LogP contribution is -2.02. The summed E-state index contributed by atoms with van der Waals surface area (Å²) in [5, 5.41) is 3.48. The Kier molecular flexibility index (Phi) is 4.98. The maximum absolute atomic E-state index is 11.3. The Morgan fingerprint density at radius 1 is 1.56 bits per heavy atom. The topological polar surface area (TPSA) is 97.2 Å². The maximum Gasteiger partial charge on any atom is 0.340 e. The van der Waals surface area contributed by atoms with Crippen molar-refractivity contribution in [2.75, 3.05) is 14.2 Å². The van der Waals surface area contributed by atoms with E-state index in [-0.39, 0.29) is 16.7 Å². The van der Waals surface area contributed by atoms with Crippen LogP contribution in [0.2, 0.25) is 5.15 Å². The minimum Gasteiger partial charge on any atom is -0.481 e. The quantitative estimate of drug-likeness (QED) is 0.209. The zero-order chi connectivity index (χ0) is 13.5. The van der Waals surface area contributed by atoms with Crippen molar-refractivity contribution < 1.29 is 14.3 Å². The van der Waals surface area contributed by atoms with Gasteiger partial charge >= 0.3 is 5.97 Å². The lowest BCUT2D eigenvalue weighted by Gasteiger charge is -2.04. The second kappa shape index (κ2) is 6.48. The molecule has 0 aliphatic carbocycles. The Labute approximate surface area is 108 Å². The molecule has 1 aromatic heterocycles. The molecular formula is C10H9ClN4O3. The molecule has 0 amide bonds. The Balaban J connectivity index is 3.27. The maximum atomic E-state index is 11.3. The van der Waals surface area contributed by atoms with Gasteiger partial charge < -0.3 is 9.47 Å². The molecule has 0 atom stereocenters. The average Bonchev–Trinajstić information content (AvgIpc) is 2.39. The van der Waals surface area contributed by atoms with Gasteiger partial charge in [0.25, 0.3) is 0 Å². The van der Waals surface area contributed by atoms with Crippen molar-refractivity contribution in [1.82, 2.24) is 4.98 Å². The summed E-state index contributed by atoms with van der Waals surface area (Å²) in [6.45, 7) is 0. The summed E-state index contributed by atoms with van der Waals surface area (Å²) in [6.07, 6.45) is 1.30. The molecule has 0 fully saturated rings. The van der Waals surface area contributed by atoms with Crippen LogP contribution in [0.15, 0.2) is 22.9 Å². The minimum atomic E-state index is -0.759. The Hall–Kier alpha value is -2.24. The van der Waals surface area contributed by atoms with E-state index in [0.29, 0.717) is 5.56 Å². The predicted octanol–water partition coefficient (Wildman–Crippen LogP) is 2.57. The molecule has 0 saturated carbocycles. The summed E-state index contributed by atoms with van der Waals surface area (Å²) in [5.74, 6) is -0.554. The molecule has 0 N–H and O–H groups in total. The van der Waals surface area contributed by atoms with E-state index in [1.54, 1.807) is 6.07 Å². The molecule has 1 heterocycles. The number of carbonyl (C=O) groups excluding carboxylic acids is 1. The van der Waals surface area contributed by atoms with Gasteiger partial charge in [0, 0.05) is 10.5 Å². The van der Waals surface area contributed by atoms with E-state index in [1.807, 2.05) is 0 Å². The van der Waals surface area contributed by atoms with Crippen LogP contribution >= 0.6 is 11.6 Å². The van der Waals surface area contributed by atoms with Gasteiger partial charge in [0.05, 0.1) is 14.2 Å². The van der Waals surface area contributed by atoms with E-state index in [2.05, 4.69) is 19.7 Å². The predicted molar refractivity (Wildman–Crippen MR) is 64.9 cm³/mol. The number of pyridine rings is 1. The fourth-order valence-corrected chi connectivity index (χ4v) is 1.27. The van der Waals surface area contributed by atoms with Gasteiger partial charge in [0.2, 0.25) is 5.88 Å². The van der Waals surface area contributed by atoms with Gasteiger partial charge in [-0.05, 0) is 23.7 Å². The fraction of sp³-hybridized carbons (Fsp3) is 0.200. The third-order valence-corrected chi connectivity index (χ3v) is 2.10. The zero-order valence-electron chi connectivity index (χ0n) is 9.62. The molecule has 0 unspecified atom stereocenters. The summed E-state index contributed by atoms with van der Waals surface area (Å²) in [5.41, 5.74) is 8.60. The third kappa shape index (κ3) is 3.38. The van der Waals surface area contributed by atoms with Crippen molar-refractivity contribution in [1.29, 1.82) is 0 Å². The third-order valence-electron chi connectivity index (χ3n) is 1.89. The Bertz CT molecular complexity index is 538. The van der Waals surface area contributed by atoms with Gasteiger partial charge in [-0.3, -0.25) is 0 Å². The van der Waals surface area contributed by atoms with Gasteiger partial charge in [0.15, 0.2) is 0 Å². The molecule has 0 saturated heterocycles. The number of hydrogen-bond donors (Lipinski definition) is 0. The van der Waals surface area contributed by atoms with Crippen molar-refractivity contribution >= 4 is 23.6 Å². The number of methoxy groups -OCH3 is 2. The van der Waals surface area contributed by atoms with E-state index in [1.165, 1.54) is 26.4 Å². The van der Waals surface area contributed by atoms with E-state index >= 15 is 0 Å². The smallest absolute Gasteiger partial charge is 0.340 e. The highest BCUT2D eigenvalue weighted by molar-refractivity contribution is 6.29. The van der Waals surface area contributed by atoms with Crippen LogP contribution in [0.25, 0.3) is 16.5 Å². The number of carbonyl (C=O) groups is 1. The molecule has 0 bridgehead atoms. The van der Waals surface area contributed by atoms with Gasteiger partial charge in [-0.2, -0.15) is 0 Å². The number of rotatable bonds is 4. The number of hydrogen-bond acceptors (Lipinski definition) is 5. The van der Waals surface area contributed by atoms with Crippen LogP contribution in [0.1, 0.15) is 5.56 Å². The number of esters is 1. The summed E-state index contributed by atoms with van der Waals surface area (Å²) in [6, 6.07) is 3.09. The second-order valence-corrected chi connectivity index (χ2v) is 3.33. The summed E-state index contributed by atoms with van der Waals surface area (Å²) in [4.78, 5) is 17.8. The normalized spacial score (nSPS) is 10.5. The number of halogens is 1. The molecule has 1 aromatic rings. The Morgan fingerprint density at radius 3 is 2.83 bits per heavy atom. The first kappa shape index (κ1) is 13.8. The molecule has 8 heteroatoms. The minimum absolute atomic E-state index is 0.206. The molecule has 18 heavy (non-hydrogen) atoms. The summed E-state index contributed by atoms with van der Waals surface area (Å²) >= 11 is 5.70. The number of aromatic nitrogens is 1. The van der Waals surface area contributed by atoms with Crippen LogP contribution in [-0.4, -0.2) is 25.2 Å². The van der Waals surface area contributed by atoms with Crippen LogP contribution in [-0.2, 0) is 9.53 Å². The largest absolute Gasteiger partial charge is 0.481 e. The fourth-order valence-electron chi connectivity index (χ4n) is 1.13. The Morgan fingerprint density at radius 2 is 2.28 bits per heavy atom. The molecule has 7 nitrogen and oxygen atoms in total. The molecule has 0 aliphatic heterocycles. The molecular weight excluding hydrogens is 260 g/mol. The molecule has 0 radical (unpaired) electrons. The van der Waals surface area contributed by atoms with Gasteiger partial charge in [-0.15, -0.1) is 0 Å². The highest BCUT2D eigenvalue weighted by Crippen LogP contribution is 2.21. The summed E-state index contributed by atoms with van der Waals surface area (Å²) in [7, 11) is 2.59. The van der Waals surface area contributed by atoms with E-state index < -0.39 is 5.97 Å². The molecule has 0 aromatic carbocycles. The number of azide groups is 1. The van der Waals surface area contributed by atoms with Gasteiger partial charge in [-0.25, -0.2) is 9.78 Å². The van der Waals surface area contributed by atoms with Crippen LogP contribution in [0.4, 0.5) is 0 Å². The lowest BCUT2D eigenvalue weighted by atomic mass is 10.2. The summed E-state index contributed by atoms with van der Waals surface area (Å²) < 4.78 is 9.47. The van der Waals surface area contributed by atoms with Crippen molar-refractivity contribution in [3.63, 3.8) is 0 Å². The second-order valence-electron chi connectivity index (χ2n) is 2.94. The van der Waals surface area contributed by atoms with E-state index in [9.17, 15) is 4.79 Å². The van der Waals surface area contributed by atoms with Crippen molar-refractivity contribution in [2.24, 2.45) is 5.11 Å². The van der Waals surface area contributed by atoms with Crippen molar-refractivity contribution in [3.05, 3.63) is 39.0 Å². The molecule has 0 aliphatic rings. The lowest BCUT2D eigenvalue weighted by molar-refractivity contribution is -0.136. The van der Waals surface area contributed by atoms with Crippen LogP contribution in [0, 0.1) is 0 Å². The number of nitrogens with zero attached hydrogens (tertiary/aromatic N) is 4. The average molecular weight is 269 g/mol. The number of ether oxygens (including phenoxy) is 2. The van der Waals surface area contributed by atoms with E-state index in [0.717, 1.165) is 0 Å². The first-order chi connectivity index (χ1) is 8.62. The van der Waals surface area contributed by atoms with Crippen LogP contribution in [0.5, 0.6) is 5.88 Å². The van der Waals surface area contributed by atoms with Gasteiger partial charge in [-0.1, -0.05) is 16.7 Å². The van der Waals surface area contributed by atoms with Gasteiger partial charge in [0.1, 0.15) is 10.9 Å². The highest BCUT2D eigenvalue weighted by atomic mass is 35.5. The monoisotopic (exact) mass is 268 g/mol. The zero-order valence-corrected chi connectivity index (χ0v) is 10.4. The first-order valence-electron chi connectivity index (χ1n) is 4.68. The van der Waals surface area contributed by atoms with Crippen LogP contribution in [0.3, 0.4) is 0 Å². The molecule has 94 valence electrons. The van der Waals surface area contributed by atoms with Crippen molar-refractivity contribution in [2.45, 2.75) is 0 Å². The standard InChI is InChI=1S/C10H9ClN4O3/c1-17-9-6(3-4-8(11)13-9)5-7(14-15-12)10(16)18-2/h3-5H,1-2H3/b7-5-. The SMILES string of the molecule is COC(=O)/C(=C/c1ccc(Cl)nc1OC)N=[N+]=[N-]. The van der Waals surface area contributed by atoms with E-state index in [4.69, 9.17) is 21.9 Å². The first-order valence-corrected chi connectivity index (χ1v) is 5.05. The van der Waals surface area contributed by atoms with Crippen molar-refractivity contribution in [3.8, 4) is 5.88 Å².